The van der Waals surface area contributed by atoms with Crippen molar-refractivity contribution in [2.24, 2.45) is 0 Å². The molecule has 1 aromatic heterocycles. The number of nitrogen functional groups attached to an aromatic ring is 1. The molecule has 23 heavy (non-hydrogen) atoms. The van der Waals surface area contributed by atoms with E-state index in [1.807, 2.05) is 19.1 Å². The Morgan fingerprint density at radius 2 is 1.78 bits per heavy atom. The van der Waals surface area contributed by atoms with Crippen molar-refractivity contribution in [2.45, 2.75) is 26.7 Å². The Labute approximate surface area is 136 Å². The molecule has 0 aliphatic carbocycles. The smallest absolute Gasteiger partial charge is 0.142 e. The highest BCUT2D eigenvalue weighted by molar-refractivity contribution is 5.80. The summed E-state index contributed by atoms with van der Waals surface area (Å²) >= 11 is 0. The van der Waals surface area contributed by atoms with Gasteiger partial charge in [-0.25, -0.2) is 4.98 Å². The van der Waals surface area contributed by atoms with E-state index in [1.165, 1.54) is 0 Å². The monoisotopic (exact) mass is 311 g/mol. The second-order valence-corrected chi connectivity index (χ2v) is 5.27. The van der Waals surface area contributed by atoms with Crippen LogP contribution in [-0.2, 0) is 6.42 Å². The van der Waals surface area contributed by atoms with Gasteiger partial charge in [0.1, 0.15) is 28.9 Å². The predicted octanol–water partition coefficient (Wildman–Crippen LogP) is 3.48. The Hall–Kier alpha value is -2.74. The number of nitrogens with two attached hydrogens (primary N) is 1. The Morgan fingerprint density at radius 1 is 1.17 bits per heavy atom. The largest absolute Gasteiger partial charge is 0.497 e. The lowest BCUT2D eigenvalue weighted by atomic mass is 9.91. The van der Waals surface area contributed by atoms with E-state index in [9.17, 15) is 5.26 Å². The third-order valence-corrected chi connectivity index (χ3v) is 3.78. The van der Waals surface area contributed by atoms with Gasteiger partial charge in [-0.15, -0.1) is 0 Å². The van der Waals surface area contributed by atoms with E-state index in [2.05, 4.69) is 18.0 Å². The zero-order valence-electron chi connectivity index (χ0n) is 13.9. The van der Waals surface area contributed by atoms with Gasteiger partial charge >= 0.3 is 0 Å². The fourth-order valence-electron chi connectivity index (χ4n) is 2.70. The summed E-state index contributed by atoms with van der Waals surface area (Å²) < 4.78 is 10.7. The first kappa shape index (κ1) is 16.6. The zero-order chi connectivity index (χ0) is 17.0. The topological polar surface area (TPSA) is 81.2 Å². The maximum Gasteiger partial charge on any atom is 0.142 e. The predicted molar refractivity (Wildman–Crippen MR) is 90.6 cm³/mol. The molecule has 120 valence electrons. The van der Waals surface area contributed by atoms with Crippen LogP contribution in [0.25, 0.3) is 11.1 Å². The molecular weight excluding hydrogens is 290 g/mol. The summed E-state index contributed by atoms with van der Waals surface area (Å²) in [5.74, 6) is 1.58. The van der Waals surface area contributed by atoms with Gasteiger partial charge in [0.25, 0.3) is 0 Å². The van der Waals surface area contributed by atoms with Crippen molar-refractivity contribution in [1.82, 2.24) is 4.98 Å². The maximum absolute atomic E-state index is 9.56. The summed E-state index contributed by atoms with van der Waals surface area (Å²) in [5, 5.41) is 9.56. The first-order valence-corrected chi connectivity index (χ1v) is 7.48. The summed E-state index contributed by atoms with van der Waals surface area (Å²) in [5.41, 5.74) is 9.92. The third-order valence-electron chi connectivity index (χ3n) is 3.78. The van der Waals surface area contributed by atoms with Crippen LogP contribution in [0.4, 0.5) is 5.82 Å². The van der Waals surface area contributed by atoms with Crippen LogP contribution in [0.3, 0.4) is 0 Å². The van der Waals surface area contributed by atoms with Gasteiger partial charge in [0.15, 0.2) is 0 Å². The molecule has 0 aliphatic heterocycles. The Bertz CT molecular complexity index is 742. The average molecular weight is 311 g/mol. The first-order valence-electron chi connectivity index (χ1n) is 7.48. The number of aromatic nitrogens is 1. The van der Waals surface area contributed by atoms with Gasteiger partial charge in [0.2, 0.25) is 0 Å². The van der Waals surface area contributed by atoms with Gasteiger partial charge < -0.3 is 15.2 Å². The van der Waals surface area contributed by atoms with Crippen molar-refractivity contribution in [2.75, 3.05) is 20.0 Å². The molecule has 2 rings (SSSR count). The van der Waals surface area contributed by atoms with Crippen LogP contribution in [0.2, 0.25) is 0 Å². The normalized spacial score (nSPS) is 10.2. The third kappa shape index (κ3) is 3.21. The number of aryl methyl sites for hydroxylation is 1. The lowest BCUT2D eigenvalue weighted by molar-refractivity contribution is 0.394. The van der Waals surface area contributed by atoms with Gasteiger partial charge in [-0.1, -0.05) is 13.3 Å². The minimum atomic E-state index is 0.252. The van der Waals surface area contributed by atoms with Crippen LogP contribution < -0.4 is 15.2 Å². The second kappa shape index (κ2) is 7.01. The molecule has 1 aromatic carbocycles. The molecule has 1 heterocycles. The summed E-state index contributed by atoms with van der Waals surface area (Å²) in [6.07, 6.45) is 1.77. The summed E-state index contributed by atoms with van der Waals surface area (Å²) in [6, 6.07) is 7.76. The van der Waals surface area contributed by atoms with Crippen LogP contribution in [-0.4, -0.2) is 19.2 Å². The molecule has 0 aliphatic rings. The Kier molecular flexibility index (Phi) is 5.07. The molecular formula is C18H21N3O2. The van der Waals surface area contributed by atoms with Crippen LogP contribution in [0, 0.1) is 18.3 Å². The minimum Gasteiger partial charge on any atom is -0.497 e. The zero-order valence-corrected chi connectivity index (χ0v) is 13.9. The Balaban J connectivity index is 2.83. The quantitative estimate of drug-likeness (QED) is 0.914. The lowest BCUT2D eigenvalue weighted by Crippen LogP contribution is -2.05. The van der Waals surface area contributed by atoms with E-state index in [-0.39, 0.29) is 5.82 Å². The van der Waals surface area contributed by atoms with Gasteiger partial charge in [0, 0.05) is 17.3 Å². The molecule has 0 saturated heterocycles. The number of hydrogen-bond acceptors (Lipinski definition) is 5. The van der Waals surface area contributed by atoms with Crippen LogP contribution in [0.15, 0.2) is 18.2 Å². The molecule has 0 saturated carbocycles. The standard InChI is InChI=1S/C18H21N3O2/c1-5-6-15-11(2)21-18(20)16(10-19)17(15)12-7-13(22-3)9-14(8-12)23-4/h7-9H,5-6H2,1-4H3,(H2,20,21). The molecule has 0 atom stereocenters. The van der Waals surface area contributed by atoms with E-state index in [0.29, 0.717) is 17.1 Å². The van der Waals surface area contributed by atoms with Gasteiger partial charge in [-0.3, -0.25) is 0 Å². The van der Waals surface area contributed by atoms with Gasteiger partial charge in [-0.2, -0.15) is 5.26 Å². The summed E-state index contributed by atoms with van der Waals surface area (Å²) in [4.78, 5) is 4.33. The molecule has 0 bridgehead atoms. The first-order chi connectivity index (χ1) is 11.0. The highest BCUT2D eigenvalue weighted by atomic mass is 16.5. The van der Waals surface area contributed by atoms with Gasteiger partial charge in [-0.05, 0) is 36.6 Å². The number of anilines is 1. The van der Waals surface area contributed by atoms with Crippen LogP contribution in [0.5, 0.6) is 11.5 Å². The van der Waals surface area contributed by atoms with Crippen molar-refractivity contribution >= 4 is 5.82 Å². The molecule has 0 amide bonds. The number of hydrogen-bond donors (Lipinski definition) is 1. The van der Waals surface area contributed by atoms with Crippen molar-refractivity contribution in [1.29, 1.82) is 5.26 Å². The fourth-order valence-corrected chi connectivity index (χ4v) is 2.70. The molecule has 2 aromatic rings. The fraction of sp³-hybridized carbons (Fsp3) is 0.333. The number of nitriles is 1. The molecule has 2 N–H and O–H groups in total. The number of ether oxygens (including phenoxy) is 2. The Morgan fingerprint density at radius 3 is 2.26 bits per heavy atom. The van der Waals surface area contributed by atoms with E-state index in [4.69, 9.17) is 15.2 Å². The highest BCUT2D eigenvalue weighted by Crippen LogP contribution is 2.36. The van der Waals surface area contributed by atoms with Crippen LogP contribution in [0.1, 0.15) is 30.2 Å². The minimum absolute atomic E-state index is 0.252. The van der Waals surface area contributed by atoms with Crippen molar-refractivity contribution in [3.05, 3.63) is 35.0 Å². The van der Waals surface area contributed by atoms with E-state index < -0.39 is 0 Å². The van der Waals surface area contributed by atoms with Crippen LogP contribution >= 0.6 is 0 Å². The molecule has 5 heteroatoms. The number of nitrogens with zero attached hydrogens (tertiary/aromatic N) is 2. The molecule has 5 nitrogen and oxygen atoms in total. The second-order valence-electron chi connectivity index (χ2n) is 5.27. The van der Waals surface area contributed by atoms with Crippen molar-refractivity contribution in [3.8, 4) is 28.7 Å². The van der Waals surface area contributed by atoms with Crippen molar-refractivity contribution < 1.29 is 9.47 Å². The highest BCUT2D eigenvalue weighted by Gasteiger charge is 2.19. The SMILES string of the molecule is CCCc1c(C)nc(N)c(C#N)c1-c1cc(OC)cc(OC)c1. The molecule has 0 spiro atoms. The summed E-state index contributed by atoms with van der Waals surface area (Å²) in [6.45, 7) is 4.02. The number of benzene rings is 1. The summed E-state index contributed by atoms with van der Waals surface area (Å²) in [7, 11) is 3.20. The van der Waals surface area contributed by atoms with Gasteiger partial charge in [0.05, 0.1) is 14.2 Å². The molecule has 0 unspecified atom stereocenters. The number of methoxy groups -OCH3 is 2. The van der Waals surface area contributed by atoms with E-state index in [0.717, 1.165) is 35.2 Å². The lowest BCUT2D eigenvalue weighted by Gasteiger charge is -2.17. The van der Waals surface area contributed by atoms with Crippen molar-refractivity contribution in [3.63, 3.8) is 0 Å². The molecule has 0 fully saturated rings. The molecule has 0 radical (unpaired) electrons. The van der Waals surface area contributed by atoms with E-state index in [1.54, 1.807) is 20.3 Å². The van der Waals surface area contributed by atoms with E-state index >= 15 is 0 Å². The average Bonchev–Trinajstić information content (AvgIpc) is 2.56. The number of pyridine rings is 1. The number of rotatable bonds is 5. The maximum atomic E-state index is 9.56.